The third-order valence-corrected chi connectivity index (χ3v) is 2.53. The lowest BCUT2D eigenvalue weighted by Gasteiger charge is -2.16. The zero-order valence-corrected chi connectivity index (χ0v) is 8.80. The molecule has 0 amide bonds. The minimum Gasteiger partial charge on any atom is -0.508 e. The van der Waals surface area contributed by atoms with E-state index in [1.54, 1.807) is 12.1 Å². The van der Waals surface area contributed by atoms with Crippen LogP contribution in [0.2, 0.25) is 0 Å². The lowest BCUT2D eigenvalue weighted by molar-refractivity contribution is 0.474. The van der Waals surface area contributed by atoms with Crippen molar-refractivity contribution in [2.45, 2.75) is 6.04 Å². The summed E-state index contributed by atoms with van der Waals surface area (Å²) < 4.78 is 0. The second kappa shape index (κ2) is 4.79. The smallest absolute Gasteiger partial charge is 0.115 e. The Morgan fingerprint density at radius 3 is 2.00 bits per heavy atom. The maximum absolute atomic E-state index is 9.23. The van der Waals surface area contributed by atoms with E-state index in [1.807, 2.05) is 42.5 Å². The van der Waals surface area contributed by atoms with Crippen molar-refractivity contribution in [3.05, 3.63) is 65.7 Å². The van der Waals surface area contributed by atoms with Crippen LogP contribution in [0.3, 0.4) is 0 Å². The molecule has 0 spiro atoms. The lowest BCUT2D eigenvalue weighted by Crippen LogP contribution is -2.28. The number of nitrogens with two attached hydrogens (primary N) is 1. The van der Waals surface area contributed by atoms with Gasteiger partial charge in [-0.15, -0.1) is 0 Å². The first kappa shape index (κ1) is 10.7. The van der Waals surface area contributed by atoms with E-state index < -0.39 is 0 Å². The van der Waals surface area contributed by atoms with Gasteiger partial charge >= 0.3 is 0 Å². The number of aromatic hydroxyl groups is 1. The van der Waals surface area contributed by atoms with Gasteiger partial charge in [0.05, 0.1) is 6.04 Å². The predicted molar refractivity (Wildman–Crippen MR) is 63.7 cm³/mol. The Kier molecular flexibility index (Phi) is 3.19. The predicted octanol–water partition coefficient (Wildman–Crippen LogP) is 1.94. The van der Waals surface area contributed by atoms with Crippen LogP contribution in [0.25, 0.3) is 0 Å². The molecule has 0 radical (unpaired) electrons. The topological polar surface area (TPSA) is 58.3 Å². The zero-order valence-electron chi connectivity index (χ0n) is 8.80. The zero-order chi connectivity index (χ0) is 11.4. The van der Waals surface area contributed by atoms with Crippen molar-refractivity contribution in [2.75, 3.05) is 0 Å². The van der Waals surface area contributed by atoms with Crippen LogP contribution in [-0.4, -0.2) is 5.11 Å². The second-order valence-corrected chi connectivity index (χ2v) is 3.60. The Hall–Kier alpha value is -1.84. The van der Waals surface area contributed by atoms with Crippen LogP contribution in [0.5, 0.6) is 5.75 Å². The van der Waals surface area contributed by atoms with Gasteiger partial charge in [-0.05, 0) is 23.3 Å². The third kappa shape index (κ3) is 2.21. The summed E-state index contributed by atoms with van der Waals surface area (Å²) in [6.45, 7) is 0. The van der Waals surface area contributed by atoms with Crippen molar-refractivity contribution in [2.24, 2.45) is 5.84 Å². The lowest BCUT2D eigenvalue weighted by atomic mass is 9.99. The Labute approximate surface area is 94.5 Å². The van der Waals surface area contributed by atoms with Crippen molar-refractivity contribution in [3.8, 4) is 5.75 Å². The van der Waals surface area contributed by atoms with E-state index >= 15 is 0 Å². The average molecular weight is 214 g/mol. The van der Waals surface area contributed by atoms with Crippen molar-refractivity contribution in [1.29, 1.82) is 0 Å². The van der Waals surface area contributed by atoms with Gasteiger partial charge in [0.15, 0.2) is 0 Å². The quantitative estimate of drug-likeness (QED) is 0.540. The highest BCUT2D eigenvalue weighted by Gasteiger charge is 2.11. The molecule has 0 aliphatic heterocycles. The maximum Gasteiger partial charge on any atom is 0.115 e. The van der Waals surface area contributed by atoms with Gasteiger partial charge in [-0.1, -0.05) is 42.5 Å². The summed E-state index contributed by atoms with van der Waals surface area (Å²) >= 11 is 0. The normalized spacial score (nSPS) is 12.3. The van der Waals surface area contributed by atoms with Gasteiger partial charge in [-0.2, -0.15) is 0 Å². The van der Waals surface area contributed by atoms with E-state index in [1.165, 1.54) is 0 Å². The van der Waals surface area contributed by atoms with Gasteiger partial charge in [0.25, 0.3) is 0 Å². The third-order valence-electron chi connectivity index (χ3n) is 2.53. The van der Waals surface area contributed by atoms with Gasteiger partial charge in [0.2, 0.25) is 0 Å². The highest BCUT2D eigenvalue weighted by molar-refractivity contribution is 5.34. The number of rotatable bonds is 3. The fourth-order valence-electron chi connectivity index (χ4n) is 1.70. The van der Waals surface area contributed by atoms with Gasteiger partial charge in [0, 0.05) is 0 Å². The van der Waals surface area contributed by atoms with Crippen LogP contribution >= 0.6 is 0 Å². The van der Waals surface area contributed by atoms with Crippen molar-refractivity contribution < 1.29 is 5.11 Å². The number of phenols is 1. The monoisotopic (exact) mass is 214 g/mol. The molecule has 0 aliphatic rings. The van der Waals surface area contributed by atoms with Gasteiger partial charge in [-0.25, -0.2) is 5.43 Å². The van der Waals surface area contributed by atoms with Gasteiger partial charge in [-0.3, -0.25) is 5.84 Å². The molecule has 2 aromatic rings. The molecule has 0 saturated carbocycles. The molecule has 0 aromatic heterocycles. The highest BCUT2D eigenvalue weighted by atomic mass is 16.3. The molecule has 2 aromatic carbocycles. The van der Waals surface area contributed by atoms with Crippen molar-refractivity contribution in [1.82, 2.24) is 5.43 Å². The standard InChI is InChI=1S/C13H14N2O/c14-15-13(10-4-2-1-3-5-10)11-6-8-12(16)9-7-11/h1-9,13,15-16H,14H2/t13-/m0/s1. The minimum atomic E-state index is -0.0539. The summed E-state index contributed by atoms with van der Waals surface area (Å²) in [6, 6.07) is 16.9. The Morgan fingerprint density at radius 2 is 1.44 bits per heavy atom. The number of hydrogen-bond acceptors (Lipinski definition) is 3. The summed E-state index contributed by atoms with van der Waals surface area (Å²) in [5.74, 6) is 5.82. The molecule has 0 aliphatic carbocycles. The molecule has 0 bridgehead atoms. The van der Waals surface area contributed by atoms with Gasteiger partial charge in [0.1, 0.15) is 5.75 Å². The molecule has 0 fully saturated rings. The number of benzene rings is 2. The fourth-order valence-corrected chi connectivity index (χ4v) is 1.70. The number of phenolic OH excluding ortho intramolecular Hbond substituents is 1. The molecule has 0 heterocycles. The maximum atomic E-state index is 9.23. The number of nitrogens with one attached hydrogen (secondary N) is 1. The van der Waals surface area contributed by atoms with Crippen LogP contribution in [0.4, 0.5) is 0 Å². The molecule has 0 saturated heterocycles. The summed E-state index contributed by atoms with van der Waals surface area (Å²) in [5.41, 5.74) is 4.89. The van der Waals surface area contributed by atoms with Crippen LogP contribution in [0.15, 0.2) is 54.6 Å². The van der Waals surface area contributed by atoms with E-state index in [-0.39, 0.29) is 11.8 Å². The minimum absolute atomic E-state index is 0.0539. The van der Waals surface area contributed by atoms with E-state index in [0.29, 0.717) is 0 Å². The fraction of sp³-hybridized carbons (Fsp3) is 0.0769. The number of hydrazine groups is 1. The first-order valence-electron chi connectivity index (χ1n) is 5.11. The molecule has 16 heavy (non-hydrogen) atoms. The van der Waals surface area contributed by atoms with Crippen LogP contribution in [0.1, 0.15) is 17.2 Å². The van der Waals surface area contributed by atoms with E-state index in [2.05, 4.69) is 5.43 Å². The molecule has 3 nitrogen and oxygen atoms in total. The molecular formula is C13H14N2O. The van der Waals surface area contributed by atoms with Crippen LogP contribution < -0.4 is 11.3 Å². The second-order valence-electron chi connectivity index (χ2n) is 3.60. The SMILES string of the molecule is NN[C@@H](c1ccccc1)c1ccc(O)cc1. The van der Waals surface area contributed by atoms with Crippen molar-refractivity contribution in [3.63, 3.8) is 0 Å². The average Bonchev–Trinajstić information content (AvgIpc) is 2.34. The summed E-state index contributed by atoms with van der Waals surface area (Å²) in [7, 11) is 0. The summed E-state index contributed by atoms with van der Waals surface area (Å²) in [6.07, 6.45) is 0. The van der Waals surface area contributed by atoms with Crippen LogP contribution in [0, 0.1) is 0 Å². The Balaban J connectivity index is 2.33. The molecule has 1 atom stereocenters. The summed E-state index contributed by atoms with van der Waals surface area (Å²) in [4.78, 5) is 0. The van der Waals surface area contributed by atoms with Crippen molar-refractivity contribution >= 4 is 0 Å². The number of hydrogen-bond donors (Lipinski definition) is 3. The molecular weight excluding hydrogens is 200 g/mol. The van der Waals surface area contributed by atoms with Gasteiger partial charge < -0.3 is 5.11 Å². The molecule has 2 rings (SSSR count). The van der Waals surface area contributed by atoms with E-state index in [9.17, 15) is 5.11 Å². The Morgan fingerprint density at radius 1 is 0.875 bits per heavy atom. The molecule has 4 N–H and O–H groups in total. The first-order valence-corrected chi connectivity index (χ1v) is 5.11. The summed E-state index contributed by atoms with van der Waals surface area (Å²) in [5, 5.41) is 9.23. The molecule has 82 valence electrons. The van der Waals surface area contributed by atoms with Crippen LogP contribution in [-0.2, 0) is 0 Å². The first-order chi connectivity index (χ1) is 7.81. The highest BCUT2D eigenvalue weighted by Crippen LogP contribution is 2.22. The molecule has 0 unspecified atom stereocenters. The molecule has 3 heteroatoms. The van der Waals surface area contributed by atoms with E-state index in [0.717, 1.165) is 11.1 Å². The van der Waals surface area contributed by atoms with E-state index in [4.69, 9.17) is 5.84 Å². The Bertz CT molecular complexity index is 439. The largest absolute Gasteiger partial charge is 0.508 e.